The number of carboxylic acid groups (broad SMARTS) is 1. The van der Waals surface area contributed by atoms with Gasteiger partial charge in [-0.25, -0.2) is 0 Å². The lowest BCUT2D eigenvalue weighted by Crippen LogP contribution is -2.35. The Bertz CT molecular complexity index is 616. The van der Waals surface area contributed by atoms with E-state index in [4.69, 9.17) is 5.11 Å². The second-order valence-electron chi connectivity index (χ2n) is 5.96. The van der Waals surface area contributed by atoms with E-state index in [1.165, 1.54) is 16.3 Å². The van der Waals surface area contributed by atoms with Gasteiger partial charge in [-0.2, -0.15) is 0 Å². The molecule has 0 aromatic heterocycles. The van der Waals surface area contributed by atoms with Gasteiger partial charge in [0.25, 0.3) is 0 Å². The Morgan fingerprint density at radius 1 is 1.10 bits per heavy atom. The minimum absolute atomic E-state index is 0.0720. The van der Waals surface area contributed by atoms with Crippen molar-refractivity contribution >= 4 is 16.7 Å². The molecule has 1 atom stereocenters. The lowest BCUT2D eigenvalue weighted by Gasteiger charge is -2.30. The van der Waals surface area contributed by atoms with Crippen LogP contribution in [0.15, 0.2) is 42.5 Å². The Balaban J connectivity index is 2.37. The van der Waals surface area contributed by atoms with Crippen LogP contribution in [0.4, 0.5) is 0 Å². The molecule has 2 aromatic rings. The van der Waals surface area contributed by atoms with Crippen molar-refractivity contribution in [3.63, 3.8) is 0 Å². The van der Waals surface area contributed by atoms with Gasteiger partial charge in [0.1, 0.15) is 0 Å². The normalized spacial score (nSPS) is 13.0. The second-order valence-corrected chi connectivity index (χ2v) is 5.96. The third-order valence-corrected chi connectivity index (χ3v) is 3.76. The number of aliphatic carboxylic acids is 1. The van der Waals surface area contributed by atoms with Crippen molar-refractivity contribution in [3.8, 4) is 0 Å². The number of carboxylic acids is 1. The van der Waals surface area contributed by atoms with Gasteiger partial charge in [0.15, 0.2) is 0 Å². The van der Waals surface area contributed by atoms with Crippen LogP contribution >= 0.6 is 0 Å². The van der Waals surface area contributed by atoms with Gasteiger partial charge in [-0.15, -0.1) is 0 Å². The Morgan fingerprint density at radius 3 is 2.43 bits per heavy atom. The molecule has 1 N–H and O–H groups in total. The summed E-state index contributed by atoms with van der Waals surface area (Å²) in [6.07, 6.45) is 0. The molecule has 0 saturated carbocycles. The molecule has 0 radical (unpaired) electrons. The highest BCUT2D eigenvalue weighted by Gasteiger charge is 2.20. The van der Waals surface area contributed by atoms with Crippen LogP contribution in [0.25, 0.3) is 10.8 Å². The first-order valence-electron chi connectivity index (χ1n) is 7.42. The molecule has 2 aromatic carbocycles. The van der Waals surface area contributed by atoms with E-state index in [9.17, 15) is 4.79 Å². The number of nitrogens with zero attached hydrogens (tertiary/aromatic N) is 1. The van der Waals surface area contributed by atoms with Crippen molar-refractivity contribution in [1.82, 2.24) is 4.90 Å². The van der Waals surface area contributed by atoms with E-state index in [1.54, 1.807) is 0 Å². The average Bonchev–Trinajstić information content (AvgIpc) is 2.44. The maximum Gasteiger partial charge on any atom is 0.317 e. The fourth-order valence-corrected chi connectivity index (χ4v) is 2.81. The highest BCUT2D eigenvalue weighted by molar-refractivity contribution is 5.86. The van der Waals surface area contributed by atoms with Crippen molar-refractivity contribution in [3.05, 3.63) is 48.0 Å². The smallest absolute Gasteiger partial charge is 0.317 e. The summed E-state index contributed by atoms with van der Waals surface area (Å²) in [7, 11) is 0. The summed E-state index contributed by atoms with van der Waals surface area (Å²) < 4.78 is 0. The first-order chi connectivity index (χ1) is 9.99. The molecule has 0 aliphatic heterocycles. The van der Waals surface area contributed by atoms with E-state index >= 15 is 0 Å². The van der Waals surface area contributed by atoms with Crippen molar-refractivity contribution in [2.75, 3.05) is 13.1 Å². The summed E-state index contributed by atoms with van der Waals surface area (Å²) in [5, 5.41) is 11.6. The molecule has 0 bridgehead atoms. The number of hydrogen-bond donors (Lipinski definition) is 1. The molecule has 112 valence electrons. The summed E-state index contributed by atoms with van der Waals surface area (Å²) >= 11 is 0. The van der Waals surface area contributed by atoms with Crippen LogP contribution in [-0.2, 0) is 4.79 Å². The molecular formula is C18H23NO2. The van der Waals surface area contributed by atoms with E-state index in [0.717, 1.165) is 6.54 Å². The van der Waals surface area contributed by atoms with Gasteiger partial charge >= 0.3 is 5.97 Å². The van der Waals surface area contributed by atoms with Crippen molar-refractivity contribution < 1.29 is 9.90 Å². The molecule has 3 heteroatoms. The van der Waals surface area contributed by atoms with Gasteiger partial charge in [0.2, 0.25) is 0 Å². The second kappa shape index (κ2) is 6.72. The Hall–Kier alpha value is -1.87. The first kappa shape index (κ1) is 15.5. The number of benzene rings is 2. The molecule has 0 spiro atoms. The van der Waals surface area contributed by atoms with Gasteiger partial charge in [-0.05, 0) is 29.2 Å². The highest BCUT2D eigenvalue weighted by Crippen LogP contribution is 2.28. The Kier molecular flexibility index (Phi) is 4.97. The summed E-state index contributed by atoms with van der Waals surface area (Å²) in [6.45, 7) is 7.17. The van der Waals surface area contributed by atoms with E-state index in [1.807, 2.05) is 23.1 Å². The van der Waals surface area contributed by atoms with Crippen LogP contribution in [0.5, 0.6) is 0 Å². The third-order valence-electron chi connectivity index (χ3n) is 3.76. The van der Waals surface area contributed by atoms with Gasteiger partial charge in [-0.3, -0.25) is 9.69 Å². The number of hydrogen-bond acceptors (Lipinski definition) is 2. The minimum atomic E-state index is -0.775. The van der Waals surface area contributed by atoms with E-state index < -0.39 is 5.97 Å². The standard InChI is InChI=1S/C18H23NO2/c1-13(2)11-19(12-18(20)21)14(3)16-10-6-8-15-7-4-5-9-17(15)16/h4-10,13-14H,11-12H2,1-3H3,(H,20,21). The summed E-state index contributed by atoms with van der Waals surface area (Å²) in [4.78, 5) is 13.2. The molecular weight excluding hydrogens is 262 g/mol. The van der Waals surface area contributed by atoms with Crippen molar-refractivity contribution in [1.29, 1.82) is 0 Å². The molecule has 3 nitrogen and oxygen atoms in total. The summed E-state index contributed by atoms with van der Waals surface area (Å²) in [5.41, 5.74) is 1.19. The molecule has 1 unspecified atom stereocenters. The van der Waals surface area contributed by atoms with Gasteiger partial charge in [-0.1, -0.05) is 56.3 Å². The number of carbonyl (C=O) groups is 1. The molecule has 0 heterocycles. The van der Waals surface area contributed by atoms with Crippen LogP contribution in [0.2, 0.25) is 0 Å². The summed E-state index contributed by atoms with van der Waals surface area (Å²) in [6, 6.07) is 14.6. The largest absolute Gasteiger partial charge is 0.480 e. The van der Waals surface area contributed by atoms with Crippen LogP contribution in [0.1, 0.15) is 32.4 Å². The minimum Gasteiger partial charge on any atom is -0.480 e. The average molecular weight is 285 g/mol. The van der Waals surface area contributed by atoms with E-state index in [2.05, 4.69) is 45.0 Å². The van der Waals surface area contributed by atoms with Gasteiger partial charge in [0.05, 0.1) is 6.54 Å². The molecule has 0 saturated heterocycles. The third kappa shape index (κ3) is 3.82. The quantitative estimate of drug-likeness (QED) is 0.874. The van der Waals surface area contributed by atoms with E-state index in [-0.39, 0.29) is 12.6 Å². The van der Waals surface area contributed by atoms with Gasteiger partial charge in [0, 0.05) is 12.6 Å². The maximum atomic E-state index is 11.1. The lowest BCUT2D eigenvalue weighted by atomic mass is 9.98. The zero-order valence-corrected chi connectivity index (χ0v) is 12.9. The molecule has 2 rings (SSSR count). The Morgan fingerprint density at radius 2 is 1.76 bits per heavy atom. The highest BCUT2D eigenvalue weighted by atomic mass is 16.4. The zero-order valence-electron chi connectivity index (χ0n) is 12.9. The van der Waals surface area contributed by atoms with Crippen LogP contribution in [-0.4, -0.2) is 29.1 Å². The van der Waals surface area contributed by atoms with Crippen LogP contribution < -0.4 is 0 Å². The topological polar surface area (TPSA) is 40.5 Å². The summed E-state index contributed by atoms with van der Waals surface area (Å²) in [5.74, 6) is -0.343. The van der Waals surface area contributed by atoms with Crippen LogP contribution in [0.3, 0.4) is 0 Å². The predicted octanol–water partition coefficient (Wildman–Crippen LogP) is 3.94. The fourth-order valence-electron chi connectivity index (χ4n) is 2.81. The Labute approximate surface area is 126 Å². The number of fused-ring (bicyclic) bond motifs is 1. The SMILES string of the molecule is CC(C)CN(CC(=O)O)C(C)c1cccc2ccccc12. The molecule has 0 fully saturated rings. The molecule has 0 aliphatic rings. The van der Waals surface area contributed by atoms with Crippen molar-refractivity contribution in [2.45, 2.75) is 26.8 Å². The first-order valence-corrected chi connectivity index (χ1v) is 7.42. The predicted molar refractivity (Wildman–Crippen MR) is 86.4 cm³/mol. The number of rotatable bonds is 6. The molecule has 21 heavy (non-hydrogen) atoms. The monoisotopic (exact) mass is 285 g/mol. The molecule has 0 amide bonds. The fraction of sp³-hybridized carbons (Fsp3) is 0.389. The van der Waals surface area contributed by atoms with Crippen molar-refractivity contribution in [2.24, 2.45) is 5.92 Å². The van der Waals surface area contributed by atoms with Crippen LogP contribution in [0, 0.1) is 5.92 Å². The van der Waals surface area contributed by atoms with E-state index in [0.29, 0.717) is 5.92 Å². The maximum absolute atomic E-state index is 11.1. The van der Waals surface area contributed by atoms with Gasteiger partial charge < -0.3 is 5.11 Å². The molecule has 0 aliphatic carbocycles. The lowest BCUT2D eigenvalue weighted by molar-refractivity contribution is -0.139. The zero-order chi connectivity index (χ0) is 15.4.